The van der Waals surface area contributed by atoms with Crippen molar-refractivity contribution in [3.05, 3.63) is 53.7 Å². The first-order valence-electron chi connectivity index (χ1n) is 6.59. The first-order valence-corrected chi connectivity index (χ1v) is 6.59. The molecular weight excluding hydrogens is 282 g/mol. The summed E-state index contributed by atoms with van der Waals surface area (Å²) in [6.45, 7) is 1.95. The number of aromatic nitrogens is 4. The third kappa shape index (κ3) is 1.62. The van der Waals surface area contributed by atoms with Crippen molar-refractivity contribution < 1.29 is 9.59 Å². The molecule has 22 heavy (non-hydrogen) atoms. The number of carbonyl (C=O) groups excluding carboxylic acids is 2. The van der Waals surface area contributed by atoms with E-state index in [4.69, 9.17) is 0 Å². The van der Waals surface area contributed by atoms with Crippen LogP contribution in [-0.2, 0) is 0 Å². The molecule has 3 aromatic heterocycles. The fraction of sp³-hybridized carbons (Fsp3) is 0.0667. The predicted molar refractivity (Wildman–Crippen MR) is 77.4 cm³/mol. The van der Waals surface area contributed by atoms with Gasteiger partial charge < -0.3 is 0 Å². The van der Waals surface area contributed by atoms with E-state index in [9.17, 15) is 9.59 Å². The molecule has 2 amide bonds. The van der Waals surface area contributed by atoms with E-state index in [-0.39, 0.29) is 17.2 Å². The Hall–Kier alpha value is -3.22. The summed E-state index contributed by atoms with van der Waals surface area (Å²) < 4.78 is 0. The van der Waals surface area contributed by atoms with Gasteiger partial charge in [-0.15, -0.1) is 0 Å². The largest absolute Gasteiger partial charge is 0.287 e. The lowest BCUT2D eigenvalue weighted by Gasteiger charge is -2.12. The van der Waals surface area contributed by atoms with Crippen molar-refractivity contribution in [3.63, 3.8) is 0 Å². The van der Waals surface area contributed by atoms with E-state index in [1.807, 2.05) is 13.0 Å². The minimum atomic E-state index is -0.521. The monoisotopic (exact) mass is 291 g/mol. The zero-order valence-corrected chi connectivity index (χ0v) is 11.5. The smallest absolute Gasteiger partial charge is 0.266 e. The standard InChI is InChI=1S/C15H9N5O2/c1-8-4-5-18-13-9(8)2-3-10(19-13)20-14(21)11-12(15(20)22)17-7-6-16-11/h2-7H,1H3. The minimum Gasteiger partial charge on any atom is -0.266 e. The van der Waals surface area contributed by atoms with Gasteiger partial charge in [0, 0.05) is 24.0 Å². The summed E-state index contributed by atoms with van der Waals surface area (Å²) in [5.74, 6) is -0.819. The van der Waals surface area contributed by atoms with Crippen LogP contribution in [0.15, 0.2) is 36.8 Å². The molecule has 0 saturated heterocycles. The highest BCUT2D eigenvalue weighted by atomic mass is 16.2. The summed E-state index contributed by atoms with van der Waals surface area (Å²) in [5, 5.41) is 0.874. The van der Waals surface area contributed by atoms with Crippen LogP contribution in [0.2, 0.25) is 0 Å². The molecule has 0 saturated carbocycles. The van der Waals surface area contributed by atoms with Crippen LogP contribution >= 0.6 is 0 Å². The Morgan fingerprint density at radius 3 is 2.23 bits per heavy atom. The predicted octanol–water partition coefficient (Wildman–Crippen LogP) is 1.53. The molecule has 0 N–H and O–H groups in total. The number of imide groups is 1. The van der Waals surface area contributed by atoms with Gasteiger partial charge in [-0.3, -0.25) is 9.59 Å². The van der Waals surface area contributed by atoms with Gasteiger partial charge in [-0.2, -0.15) is 0 Å². The Labute approximate surface area is 124 Å². The second-order valence-electron chi connectivity index (χ2n) is 4.87. The van der Waals surface area contributed by atoms with Gasteiger partial charge in [0.05, 0.1) is 0 Å². The molecule has 0 fully saturated rings. The topological polar surface area (TPSA) is 88.9 Å². The first-order chi connectivity index (χ1) is 10.7. The number of nitrogens with zero attached hydrogens (tertiary/aromatic N) is 5. The molecule has 3 aromatic rings. The third-order valence-electron chi connectivity index (χ3n) is 3.55. The maximum Gasteiger partial charge on any atom is 0.287 e. The first kappa shape index (κ1) is 12.5. The Kier molecular flexibility index (Phi) is 2.50. The average Bonchev–Trinajstić information content (AvgIpc) is 2.79. The number of aryl methyl sites for hydroxylation is 1. The van der Waals surface area contributed by atoms with E-state index in [1.54, 1.807) is 18.3 Å². The highest BCUT2D eigenvalue weighted by Crippen LogP contribution is 2.26. The summed E-state index contributed by atoms with van der Waals surface area (Å²) in [7, 11) is 0. The molecule has 0 bridgehead atoms. The Morgan fingerprint density at radius 1 is 0.864 bits per heavy atom. The highest BCUT2D eigenvalue weighted by Gasteiger charge is 2.40. The average molecular weight is 291 g/mol. The van der Waals surface area contributed by atoms with E-state index >= 15 is 0 Å². The molecule has 7 heteroatoms. The van der Waals surface area contributed by atoms with Gasteiger partial charge in [-0.25, -0.2) is 24.8 Å². The van der Waals surface area contributed by atoms with Crippen LogP contribution in [0.25, 0.3) is 11.0 Å². The SMILES string of the molecule is Cc1ccnc2nc(N3C(=O)c4nccnc4C3=O)ccc12. The summed E-state index contributed by atoms with van der Waals surface area (Å²) in [6.07, 6.45) is 4.40. The molecule has 0 aromatic carbocycles. The van der Waals surface area contributed by atoms with Crippen molar-refractivity contribution in [2.24, 2.45) is 0 Å². The quantitative estimate of drug-likeness (QED) is 0.632. The lowest BCUT2D eigenvalue weighted by molar-refractivity contribution is 0.0922. The fourth-order valence-electron chi connectivity index (χ4n) is 2.44. The van der Waals surface area contributed by atoms with Crippen LogP contribution in [0, 0.1) is 6.92 Å². The van der Waals surface area contributed by atoms with Crippen molar-refractivity contribution in [2.45, 2.75) is 6.92 Å². The zero-order chi connectivity index (χ0) is 15.3. The molecule has 106 valence electrons. The molecule has 0 aliphatic carbocycles. The second-order valence-corrected chi connectivity index (χ2v) is 4.87. The van der Waals surface area contributed by atoms with Gasteiger partial charge in [0.15, 0.2) is 17.0 Å². The molecule has 0 radical (unpaired) electrons. The van der Waals surface area contributed by atoms with Crippen molar-refractivity contribution in [1.29, 1.82) is 0 Å². The summed E-state index contributed by atoms with van der Waals surface area (Å²) in [5.41, 5.74) is 1.60. The molecular formula is C15H9N5O2. The molecule has 0 unspecified atom stereocenters. The van der Waals surface area contributed by atoms with E-state index in [0.717, 1.165) is 15.8 Å². The van der Waals surface area contributed by atoms with Gasteiger partial charge in [-0.1, -0.05) is 0 Å². The van der Waals surface area contributed by atoms with Crippen LogP contribution in [0.1, 0.15) is 26.5 Å². The number of fused-ring (bicyclic) bond motifs is 2. The highest BCUT2D eigenvalue weighted by molar-refractivity contribution is 6.32. The maximum absolute atomic E-state index is 12.4. The van der Waals surface area contributed by atoms with Crippen LogP contribution in [0.3, 0.4) is 0 Å². The van der Waals surface area contributed by atoms with Crippen LogP contribution in [0.5, 0.6) is 0 Å². The molecule has 1 aliphatic heterocycles. The number of pyridine rings is 2. The Bertz CT molecular complexity index is 919. The number of hydrogen-bond acceptors (Lipinski definition) is 6. The summed E-state index contributed by atoms with van der Waals surface area (Å²) in [4.78, 5) is 42.0. The lowest BCUT2D eigenvalue weighted by Crippen LogP contribution is -2.30. The molecule has 0 atom stereocenters. The fourth-order valence-corrected chi connectivity index (χ4v) is 2.44. The summed E-state index contributed by atoms with van der Waals surface area (Å²) >= 11 is 0. The Balaban J connectivity index is 1.87. The zero-order valence-electron chi connectivity index (χ0n) is 11.5. The van der Waals surface area contributed by atoms with Gasteiger partial charge in [0.2, 0.25) is 0 Å². The number of carbonyl (C=O) groups is 2. The van der Waals surface area contributed by atoms with E-state index < -0.39 is 11.8 Å². The van der Waals surface area contributed by atoms with Gasteiger partial charge in [-0.05, 0) is 30.7 Å². The molecule has 0 spiro atoms. The van der Waals surface area contributed by atoms with Crippen molar-refractivity contribution >= 4 is 28.7 Å². The van der Waals surface area contributed by atoms with Crippen LogP contribution < -0.4 is 4.90 Å². The van der Waals surface area contributed by atoms with Crippen LogP contribution in [-0.4, -0.2) is 31.8 Å². The Morgan fingerprint density at radius 2 is 1.55 bits per heavy atom. The lowest BCUT2D eigenvalue weighted by atomic mass is 10.2. The number of anilines is 1. The number of rotatable bonds is 1. The van der Waals surface area contributed by atoms with Gasteiger partial charge in [0.25, 0.3) is 11.8 Å². The summed E-state index contributed by atoms with van der Waals surface area (Å²) in [6, 6.07) is 5.29. The molecule has 1 aliphatic rings. The van der Waals surface area contributed by atoms with Crippen molar-refractivity contribution in [2.75, 3.05) is 4.90 Å². The van der Waals surface area contributed by atoms with Crippen molar-refractivity contribution in [1.82, 2.24) is 19.9 Å². The second kappa shape index (κ2) is 4.39. The maximum atomic E-state index is 12.4. The van der Waals surface area contributed by atoms with Gasteiger partial charge in [0.1, 0.15) is 5.82 Å². The van der Waals surface area contributed by atoms with Crippen molar-refractivity contribution in [3.8, 4) is 0 Å². The van der Waals surface area contributed by atoms with E-state index in [0.29, 0.717) is 5.65 Å². The molecule has 7 nitrogen and oxygen atoms in total. The number of amides is 2. The van der Waals surface area contributed by atoms with Gasteiger partial charge >= 0.3 is 0 Å². The molecule has 4 rings (SSSR count). The third-order valence-corrected chi connectivity index (χ3v) is 3.55. The number of hydrogen-bond donors (Lipinski definition) is 0. The molecule has 4 heterocycles. The van der Waals surface area contributed by atoms with E-state index in [1.165, 1.54) is 12.4 Å². The minimum absolute atomic E-state index is 0.0478. The van der Waals surface area contributed by atoms with Crippen LogP contribution in [0.4, 0.5) is 5.82 Å². The normalized spacial score (nSPS) is 13.8. The van der Waals surface area contributed by atoms with E-state index in [2.05, 4.69) is 19.9 Å².